The zero-order valence-electron chi connectivity index (χ0n) is 23.6. The summed E-state index contributed by atoms with van der Waals surface area (Å²) in [5, 5.41) is 4.68. The van der Waals surface area contributed by atoms with Gasteiger partial charge in [-0.1, -0.05) is 36.4 Å². The predicted octanol–water partition coefficient (Wildman–Crippen LogP) is 4.13. The summed E-state index contributed by atoms with van der Waals surface area (Å²) in [4.78, 5) is 51.1. The molecule has 9 nitrogen and oxygen atoms in total. The first-order chi connectivity index (χ1) is 17.9. The molecule has 218 valence electrons. The van der Waals surface area contributed by atoms with Crippen LogP contribution in [0.4, 0.5) is 13.6 Å². The highest BCUT2D eigenvalue weighted by molar-refractivity contribution is 6.42. The smallest absolute Gasteiger partial charge is 0.408 e. The normalized spacial score (nSPS) is 14.5. The number of carbonyl (C=O) groups excluding carboxylic acids is 4. The lowest BCUT2D eigenvalue weighted by molar-refractivity contribution is -0.157. The molecular weight excluding hydrogens is 514 g/mol. The Kier molecular flexibility index (Phi) is 12.4. The Balaban J connectivity index is 3.18. The van der Waals surface area contributed by atoms with Gasteiger partial charge in [0.2, 0.25) is 11.7 Å². The summed E-state index contributed by atoms with van der Waals surface area (Å²) >= 11 is 0. The van der Waals surface area contributed by atoms with E-state index in [0.717, 1.165) is 6.08 Å². The fraction of sp³-hybridized carbons (Fsp3) is 0.571. The number of alkyl carbamates (subject to hydrolysis) is 1. The Hall–Kier alpha value is -3.18. The molecule has 0 saturated heterocycles. The number of nitrogens with one attached hydrogen (secondary N) is 2. The maximum atomic E-state index is 14.3. The van der Waals surface area contributed by atoms with Gasteiger partial charge in [-0.15, -0.1) is 6.58 Å². The lowest BCUT2D eigenvalue weighted by Crippen LogP contribution is -2.59. The Morgan fingerprint density at radius 2 is 1.56 bits per heavy atom. The summed E-state index contributed by atoms with van der Waals surface area (Å²) < 4.78 is 45.1. The maximum Gasteiger partial charge on any atom is 0.408 e. The van der Waals surface area contributed by atoms with Gasteiger partial charge in [0, 0.05) is 6.42 Å². The van der Waals surface area contributed by atoms with Gasteiger partial charge in [0.15, 0.2) is 0 Å². The van der Waals surface area contributed by atoms with E-state index in [1.165, 1.54) is 6.92 Å². The number of carbonyl (C=O) groups is 4. The van der Waals surface area contributed by atoms with Gasteiger partial charge in [0.05, 0.1) is 23.9 Å². The molecule has 0 unspecified atom stereocenters. The van der Waals surface area contributed by atoms with Crippen LogP contribution >= 0.6 is 0 Å². The molecule has 1 aromatic rings. The Labute approximate surface area is 228 Å². The van der Waals surface area contributed by atoms with E-state index in [2.05, 4.69) is 17.2 Å². The Morgan fingerprint density at radius 1 is 0.974 bits per heavy atom. The van der Waals surface area contributed by atoms with Crippen LogP contribution in [0.1, 0.15) is 60.5 Å². The molecule has 39 heavy (non-hydrogen) atoms. The molecule has 3 atom stereocenters. The molecule has 0 fully saturated rings. The summed E-state index contributed by atoms with van der Waals surface area (Å²) in [6, 6.07) is 5.64. The molecular formula is C28H40F2N2O7. The molecule has 11 heteroatoms. The third-order valence-electron chi connectivity index (χ3n) is 5.05. The summed E-state index contributed by atoms with van der Waals surface area (Å²) in [6.45, 7) is 14.3. The Bertz CT molecular complexity index is 1000. The molecule has 0 radical (unpaired) electrons. The van der Waals surface area contributed by atoms with Gasteiger partial charge in [-0.25, -0.2) is 4.79 Å². The molecule has 2 amide bonds. The zero-order valence-corrected chi connectivity index (χ0v) is 23.6. The number of Topliss-reactive ketones (excluding diaryl/α,β-unsaturated/α-hetero) is 2. The number of ether oxygens (including phenoxy) is 3. The average Bonchev–Trinajstić information content (AvgIpc) is 2.81. The quantitative estimate of drug-likeness (QED) is 0.262. The maximum absolute atomic E-state index is 14.3. The number of ketones is 2. The number of alkyl halides is 2. The molecule has 0 heterocycles. The molecule has 0 bridgehead atoms. The van der Waals surface area contributed by atoms with Crippen LogP contribution < -0.4 is 10.6 Å². The summed E-state index contributed by atoms with van der Waals surface area (Å²) in [5.74, 6) is -8.51. The minimum absolute atomic E-state index is 0.0778. The molecule has 2 N–H and O–H groups in total. The first kappa shape index (κ1) is 33.8. The lowest BCUT2D eigenvalue weighted by Gasteiger charge is -2.32. The number of hydrogen-bond acceptors (Lipinski definition) is 7. The highest BCUT2D eigenvalue weighted by atomic mass is 19.3. The van der Waals surface area contributed by atoms with Crippen molar-refractivity contribution in [1.82, 2.24) is 10.6 Å². The van der Waals surface area contributed by atoms with Gasteiger partial charge in [-0.3, -0.25) is 14.4 Å². The fourth-order valence-electron chi connectivity index (χ4n) is 3.29. The van der Waals surface area contributed by atoms with Crippen molar-refractivity contribution in [1.29, 1.82) is 0 Å². The number of allylic oxidation sites excluding steroid dienone is 1. The van der Waals surface area contributed by atoms with E-state index >= 15 is 0 Å². The van der Waals surface area contributed by atoms with Gasteiger partial charge in [-0.2, -0.15) is 8.78 Å². The molecule has 1 rings (SSSR count). The highest BCUT2D eigenvalue weighted by Crippen LogP contribution is 2.23. The van der Waals surface area contributed by atoms with E-state index in [0.29, 0.717) is 5.56 Å². The van der Waals surface area contributed by atoms with Crippen molar-refractivity contribution < 1.29 is 42.2 Å². The fourth-order valence-corrected chi connectivity index (χ4v) is 3.29. The molecule has 0 aromatic heterocycles. The predicted molar refractivity (Wildman–Crippen MR) is 141 cm³/mol. The van der Waals surface area contributed by atoms with Crippen LogP contribution in [-0.4, -0.2) is 65.5 Å². The number of hydrogen-bond donors (Lipinski definition) is 2. The van der Waals surface area contributed by atoms with E-state index < -0.39 is 65.3 Å². The van der Waals surface area contributed by atoms with E-state index in [9.17, 15) is 28.0 Å². The van der Waals surface area contributed by atoms with Gasteiger partial charge in [0.25, 0.3) is 5.78 Å². The van der Waals surface area contributed by atoms with Crippen LogP contribution in [0.3, 0.4) is 0 Å². The van der Waals surface area contributed by atoms with E-state index in [4.69, 9.17) is 14.2 Å². The minimum Gasteiger partial charge on any atom is -0.445 e. The highest BCUT2D eigenvalue weighted by Gasteiger charge is 2.46. The van der Waals surface area contributed by atoms with Crippen molar-refractivity contribution in [3.05, 3.63) is 48.6 Å². The van der Waals surface area contributed by atoms with E-state index in [-0.39, 0.29) is 13.2 Å². The second-order valence-electron chi connectivity index (χ2n) is 11.0. The van der Waals surface area contributed by atoms with Crippen molar-refractivity contribution in [3.63, 3.8) is 0 Å². The number of benzene rings is 1. The topological polar surface area (TPSA) is 120 Å². The number of rotatable bonds is 14. The van der Waals surface area contributed by atoms with Crippen LogP contribution in [0.5, 0.6) is 0 Å². The van der Waals surface area contributed by atoms with E-state index in [1.54, 1.807) is 71.9 Å². The van der Waals surface area contributed by atoms with Crippen molar-refractivity contribution >= 4 is 23.6 Å². The first-order valence-corrected chi connectivity index (χ1v) is 12.5. The molecule has 0 saturated carbocycles. The average molecular weight is 555 g/mol. The van der Waals surface area contributed by atoms with Gasteiger partial charge in [0.1, 0.15) is 18.7 Å². The molecule has 0 spiro atoms. The molecule has 0 aliphatic heterocycles. The van der Waals surface area contributed by atoms with Crippen molar-refractivity contribution in [2.45, 2.75) is 96.8 Å². The summed E-state index contributed by atoms with van der Waals surface area (Å²) in [5.41, 5.74) is -0.851. The second-order valence-corrected chi connectivity index (χ2v) is 11.0. The lowest BCUT2D eigenvalue weighted by atomic mass is 9.97. The number of amides is 2. The zero-order chi connectivity index (χ0) is 30.0. The molecule has 1 aromatic carbocycles. The third kappa shape index (κ3) is 12.5. The minimum atomic E-state index is -4.02. The van der Waals surface area contributed by atoms with Gasteiger partial charge in [-0.05, 0) is 54.0 Å². The number of halogens is 2. The van der Waals surface area contributed by atoms with Crippen LogP contribution in [0.25, 0.3) is 0 Å². The summed E-state index contributed by atoms with van der Waals surface area (Å²) in [6.07, 6.45) is -2.37. The van der Waals surface area contributed by atoms with E-state index in [1.807, 2.05) is 0 Å². The Morgan fingerprint density at radius 3 is 2.08 bits per heavy atom. The van der Waals surface area contributed by atoms with Crippen molar-refractivity contribution in [3.8, 4) is 0 Å². The van der Waals surface area contributed by atoms with Crippen LogP contribution in [0.15, 0.2) is 43.0 Å². The van der Waals surface area contributed by atoms with Crippen LogP contribution in [0.2, 0.25) is 0 Å². The first-order valence-electron chi connectivity index (χ1n) is 12.5. The summed E-state index contributed by atoms with van der Waals surface area (Å²) in [7, 11) is 0. The van der Waals surface area contributed by atoms with Crippen LogP contribution in [-0.2, 0) is 35.2 Å². The van der Waals surface area contributed by atoms with Gasteiger partial charge >= 0.3 is 12.0 Å². The molecule has 0 aliphatic rings. The largest absolute Gasteiger partial charge is 0.445 e. The van der Waals surface area contributed by atoms with Crippen molar-refractivity contribution in [2.24, 2.45) is 0 Å². The van der Waals surface area contributed by atoms with Crippen molar-refractivity contribution in [2.75, 3.05) is 6.61 Å². The SMILES string of the molecule is C=CCC(F)(F)C(=O)C(=O)[C@@H](NC(=O)[C@H](COC(C)(C)C)NC(=O)OCc1ccccc1)[C@@H](C)OC(C)(C)C. The van der Waals surface area contributed by atoms with Crippen LogP contribution in [0, 0.1) is 0 Å². The van der Waals surface area contributed by atoms with Gasteiger partial charge < -0.3 is 24.8 Å². The second kappa shape index (κ2) is 14.3. The third-order valence-corrected chi connectivity index (χ3v) is 5.05. The standard InChI is InChI=1S/C28H40F2N2O7/c1-9-15-28(29,30)23(34)22(33)21(18(2)39-27(6,7)8)32-24(35)20(17-38-26(3,4)5)31-25(36)37-16-19-13-11-10-12-14-19/h9-14,18,20-21H,1,15-17H2,2-8H3,(H,31,36)(H,32,35)/t18-,20+,21+/m1/s1. The monoisotopic (exact) mass is 554 g/mol. The molecule has 0 aliphatic carbocycles.